The van der Waals surface area contributed by atoms with Crippen LogP contribution in [0, 0.1) is 5.41 Å². The number of rotatable bonds is 5. The van der Waals surface area contributed by atoms with Crippen molar-refractivity contribution in [3.05, 3.63) is 35.5 Å². The largest absolute Gasteiger partial charge is 0.408 e. The van der Waals surface area contributed by atoms with Crippen molar-refractivity contribution in [2.75, 3.05) is 0 Å². The summed E-state index contributed by atoms with van der Waals surface area (Å²) in [5.41, 5.74) is 1.86. The van der Waals surface area contributed by atoms with Crippen LogP contribution < -0.4 is 4.72 Å². The summed E-state index contributed by atoms with van der Waals surface area (Å²) in [6.07, 6.45) is -3.00. The summed E-state index contributed by atoms with van der Waals surface area (Å²) in [4.78, 5) is 0. The van der Waals surface area contributed by atoms with Gasteiger partial charge in [0.25, 0.3) is 0 Å². The molecule has 1 unspecified atom stereocenters. The van der Waals surface area contributed by atoms with Crippen molar-refractivity contribution in [3.8, 4) is 0 Å². The quantitative estimate of drug-likeness (QED) is 0.580. The SMILES string of the molecule is CC(C)c1ccc2c([C@H](NS(=O)C(C)(C)C)C(F)(F)F)cn(CC(C)(C)C)c2c1. The molecule has 3 nitrogen and oxygen atoms in total. The summed E-state index contributed by atoms with van der Waals surface area (Å²) >= 11 is 0. The molecule has 7 heteroatoms. The van der Waals surface area contributed by atoms with Gasteiger partial charge in [-0.2, -0.15) is 13.2 Å². The van der Waals surface area contributed by atoms with Gasteiger partial charge < -0.3 is 4.57 Å². The van der Waals surface area contributed by atoms with Gasteiger partial charge in [-0.25, -0.2) is 8.93 Å². The lowest BCUT2D eigenvalue weighted by Crippen LogP contribution is -2.41. The minimum atomic E-state index is -4.57. The predicted molar refractivity (Wildman–Crippen MR) is 115 cm³/mol. The van der Waals surface area contributed by atoms with Crippen molar-refractivity contribution in [2.24, 2.45) is 5.41 Å². The van der Waals surface area contributed by atoms with Crippen molar-refractivity contribution >= 4 is 21.9 Å². The van der Waals surface area contributed by atoms with E-state index in [1.165, 1.54) is 0 Å². The predicted octanol–water partition coefficient (Wildman–Crippen LogP) is 6.47. The third-order valence-electron chi connectivity index (χ3n) is 4.67. The molecule has 0 amide bonds. The van der Waals surface area contributed by atoms with Gasteiger partial charge >= 0.3 is 6.18 Å². The molecular formula is C22H33F3N2OS. The van der Waals surface area contributed by atoms with Crippen molar-refractivity contribution in [3.63, 3.8) is 0 Å². The average molecular weight is 431 g/mol. The Kier molecular flexibility index (Phi) is 6.65. The monoisotopic (exact) mass is 430 g/mol. The molecule has 0 saturated carbocycles. The second-order valence-corrected chi connectivity index (χ2v) is 12.2. The van der Waals surface area contributed by atoms with E-state index in [-0.39, 0.29) is 16.9 Å². The first kappa shape index (κ1) is 23.9. The minimum absolute atomic E-state index is 0.105. The van der Waals surface area contributed by atoms with E-state index in [1.54, 1.807) is 33.0 Å². The highest BCUT2D eigenvalue weighted by Gasteiger charge is 2.44. The van der Waals surface area contributed by atoms with Crippen LogP contribution in [-0.2, 0) is 17.5 Å². The Balaban J connectivity index is 2.69. The molecule has 1 aromatic heterocycles. The van der Waals surface area contributed by atoms with Gasteiger partial charge in [0.05, 0.1) is 15.7 Å². The van der Waals surface area contributed by atoms with Gasteiger partial charge in [0, 0.05) is 29.2 Å². The second-order valence-electron chi connectivity index (χ2n) is 10.2. The summed E-state index contributed by atoms with van der Waals surface area (Å²) in [5.74, 6) is 0.269. The molecular weight excluding hydrogens is 397 g/mol. The third kappa shape index (κ3) is 5.85. The number of nitrogens with zero attached hydrogens (tertiary/aromatic N) is 1. The fourth-order valence-corrected chi connectivity index (χ4v) is 3.99. The summed E-state index contributed by atoms with van der Waals surface area (Å²) < 4.78 is 58.0. The minimum Gasteiger partial charge on any atom is -0.347 e. The summed E-state index contributed by atoms with van der Waals surface area (Å²) in [5, 5.41) is 0.541. The molecule has 0 saturated heterocycles. The Morgan fingerprint density at radius 1 is 1.07 bits per heavy atom. The fourth-order valence-electron chi connectivity index (χ4n) is 3.16. The number of halogens is 3. The molecule has 0 fully saturated rings. The normalized spacial score (nSPS) is 15.9. The molecule has 0 spiro atoms. The van der Waals surface area contributed by atoms with Gasteiger partial charge in [-0.1, -0.05) is 46.8 Å². The van der Waals surface area contributed by atoms with E-state index in [9.17, 15) is 17.4 Å². The van der Waals surface area contributed by atoms with Gasteiger partial charge in [0.2, 0.25) is 0 Å². The second kappa shape index (κ2) is 8.06. The maximum Gasteiger partial charge on any atom is 0.408 e. The number of benzene rings is 1. The maximum atomic E-state index is 14.0. The summed E-state index contributed by atoms with van der Waals surface area (Å²) in [6, 6.07) is 3.62. The molecule has 1 aromatic carbocycles. The zero-order valence-electron chi connectivity index (χ0n) is 18.6. The van der Waals surface area contributed by atoms with Crippen molar-refractivity contribution in [1.82, 2.24) is 9.29 Å². The van der Waals surface area contributed by atoms with Crippen molar-refractivity contribution in [1.29, 1.82) is 0 Å². The van der Waals surface area contributed by atoms with Gasteiger partial charge in [-0.3, -0.25) is 0 Å². The molecule has 0 bridgehead atoms. The van der Waals surface area contributed by atoms with E-state index in [2.05, 4.69) is 39.3 Å². The van der Waals surface area contributed by atoms with Crippen LogP contribution in [0.1, 0.15) is 78.5 Å². The van der Waals surface area contributed by atoms with Crippen LogP contribution in [0.15, 0.2) is 24.4 Å². The van der Waals surface area contributed by atoms with Crippen LogP contribution in [0.3, 0.4) is 0 Å². The number of hydrogen-bond acceptors (Lipinski definition) is 1. The van der Waals surface area contributed by atoms with Crippen molar-refractivity contribution < 1.29 is 17.4 Å². The molecule has 2 aromatic rings. The topological polar surface area (TPSA) is 34.0 Å². The molecule has 164 valence electrons. The molecule has 1 heterocycles. The van der Waals surface area contributed by atoms with E-state index in [4.69, 9.17) is 0 Å². The van der Waals surface area contributed by atoms with E-state index >= 15 is 0 Å². The maximum absolute atomic E-state index is 14.0. The number of alkyl halides is 3. The van der Waals surface area contributed by atoms with Crippen LogP contribution in [0.25, 0.3) is 10.9 Å². The van der Waals surface area contributed by atoms with E-state index < -0.39 is 28.0 Å². The van der Waals surface area contributed by atoms with Crippen LogP contribution in [0.5, 0.6) is 0 Å². The Labute approximate surface area is 174 Å². The molecule has 2 atom stereocenters. The standard InChI is InChI=1S/C22H33F3N2OS/c1-14(2)15-9-10-16-17(12-27(18(16)11-15)13-20(3,4)5)19(22(23,24)25)26-29(28)21(6,7)8/h9-12,14,19,26H,13H2,1-8H3/t19-,29?/m0/s1. The van der Waals surface area contributed by atoms with Crippen molar-refractivity contribution in [2.45, 2.75) is 84.8 Å². The number of aromatic nitrogens is 1. The van der Waals surface area contributed by atoms with Gasteiger partial charge in [-0.05, 0) is 43.7 Å². The Hall–Kier alpha value is -1.34. The zero-order valence-corrected chi connectivity index (χ0v) is 19.4. The molecule has 1 N–H and O–H groups in total. The molecule has 0 aliphatic rings. The molecule has 0 aliphatic heterocycles. The van der Waals surface area contributed by atoms with E-state index in [0.717, 1.165) is 11.1 Å². The van der Waals surface area contributed by atoms with Crippen LogP contribution in [0.2, 0.25) is 0 Å². The fraction of sp³-hybridized carbons (Fsp3) is 0.636. The first-order valence-corrected chi connectivity index (χ1v) is 11.0. The number of hydrogen-bond donors (Lipinski definition) is 1. The van der Waals surface area contributed by atoms with Gasteiger partial charge in [0.1, 0.15) is 6.04 Å². The van der Waals surface area contributed by atoms with Gasteiger partial charge in [0.15, 0.2) is 0 Å². The number of fused-ring (bicyclic) bond motifs is 1. The average Bonchev–Trinajstić information content (AvgIpc) is 2.86. The van der Waals surface area contributed by atoms with E-state index in [0.29, 0.717) is 11.9 Å². The molecule has 0 radical (unpaired) electrons. The lowest BCUT2D eigenvalue weighted by molar-refractivity contribution is -0.152. The van der Waals surface area contributed by atoms with Crippen LogP contribution >= 0.6 is 0 Å². The molecule has 29 heavy (non-hydrogen) atoms. The van der Waals surface area contributed by atoms with E-state index in [1.807, 2.05) is 16.7 Å². The summed E-state index contributed by atoms with van der Waals surface area (Å²) in [6.45, 7) is 15.8. The Morgan fingerprint density at radius 3 is 2.10 bits per heavy atom. The summed E-state index contributed by atoms with van der Waals surface area (Å²) in [7, 11) is -1.86. The first-order valence-electron chi connectivity index (χ1n) is 9.88. The van der Waals surface area contributed by atoms with Crippen LogP contribution in [-0.4, -0.2) is 19.7 Å². The lowest BCUT2D eigenvalue weighted by Gasteiger charge is -2.26. The third-order valence-corrected chi connectivity index (χ3v) is 6.23. The highest BCUT2D eigenvalue weighted by atomic mass is 32.2. The smallest absolute Gasteiger partial charge is 0.347 e. The molecule has 0 aliphatic carbocycles. The highest BCUT2D eigenvalue weighted by Crippen LogP contribution is 2.39. The lowest BCUT2D eigenvalue weighted by atomic mass is 9.96. The van der Waals surface area contributed by atoms with Gasteiger partial charge in [-0.15, -0.1) is 0 Å². The highest BCUT2D eigenvalue weighted by molar-refractivity contribution is 7.84. The van der Waals surface area contributed by atoms with Crippen LogP contribution in [0.4, 0.5) is 13.2 Å². The number of nitrogens with one attached hydrogen (secondary N) is 1. The first-order chi connectivity index (χ1) is 13.0. The molecule has 2 rings (SSSR count). The Morgan fingerprint density at radius 2 is 1.66 bits per heavy atom. The zero-order chi connectivity index (χ0) is 22.4. The Bertz CT molecular complexity index is 886.